The summed E-state index contributed by atoms with van der Waals surface area (Å²) in [6, 6.07) is 9.46. The van der Waals surface area contributed by atoms with E-state index in [9.17, 15) is 0 Å². The average molecular weight is 287 g/mol. The summed E-state index contributed by atoms with van der Waals surface area (Å²) < 4.78 is 2.12. The second-order valence-electron chi connectivity index (χ2n) is 4.67. The van der Waals surface area contributed by atoms with Crippen molar-refractivity contribution in [2.24, 2.45) is 0 Å². The molecule has 0 saturated heterocycles. The Labute approximate surface area is 122 Å². The summed E-state index contributed by atoms with van der Waals surface area (Å²) in [5.41, 5.74) is 9.09. The monoisotopic (exact) mass is 286 g/mol. The number of imidazole rings is 1. The number of benzene rings is 1. The van der Waals surface area contributed by atoms with Gasteiger partial charge < -0.3 is 10.3 Å². The van der Waals surface area contributed by atoms with Gasteiger partial charge in [0.2, 0.25) is 0 Å². The van der Waals surface area contributed by atoms with Crippen LogP contribution in [0.15, 0.2) is 36.5 Å². The van der Waals surface area contributed by atoms with Crippen LogP contribution in [0, 0.1) is 0 Å². The molecule has 2 N–H and O–H groups in total. The number of aromatic nitrogens is 3. The summed E-state index contributed by atoms with van der Waals surface area (Å²) >= 11 is 6.11. The van der Waals surface area contributed by atoms with Crippen molar-refractivity contribution in [3.05, 3.63) is 41.6 Å². The minimum absolute atomic E-state index is 0.547. The van der Waals surface area contributed by atoms with Crippen molar-refractivity contribution >= 4 is 28.5 Å². The molecule has 0 spiro atoms. The molecule has 20 heavy (non-hydrogen) atoms. The lowest BCUT2D eigenvalue weighted by atomic mass is 10.2. The summed E-state index contributed by atoms with van der Waals surface area (Å²) in [5, 5.41) is 0.547. The van der Waals surface area contributed by atoms with Crippen molar-refractivity contribution in [3.8, 4) is 11.4 Å². The smallest absolute Gasteiger partial charge is 0.160 e. The van der Waals surface area contributed by atoms with Gasteiger partial charge >= 0.3 is 0 Å². The highest BCUT2D eigenvalue weighted by atomic mass is 35.5. The van der Waals surface area contributed by atoms with E-state index >= 15 is 0 Å². The molecule has 5 heteroatoms. The summed E-state index contributed by atoms with van der Waals surface area (Å²) in [7, 11) is 0. The van der Waals surface area contributed by atoms with Crippen molar-refractivity contribution in [3.63, 3.8) is 0 Å². The number of nitrogens with zero attached hydrogens (tertiary/aromatic N) is 3. The minimum Gasteiger partial charge on any atom is -0.398 e. The lowest BCUT2D eigenvalue weighted by molar-refractivity contribution is 0.698. The van der Waals surface area contributed by atoms with Crippen molar-refractivity contribution in [2.45, 2.75) is 19.9 Å². The van der Waals surface area contributed by atoms with Gasteiger partial charge in [-0.15, -0.1) is 0 Å². The van der Waals surface area contributed by atoms with E-state index in [1.807, 2.05) is 24.3 Å². The van der Waals surface area contributed by atoms with Crippen LogP contribution < -0.4 is 5.73 Å². The van der Waals surface area contributed by atoms with Crippen molar-refractivity contribution in [1.82, 2.24) is 14.5 Å². The number of fused-ring (bicyclic) bond motifs is 1. The molecule has 102 valence electrons. The molecule has 0 fully saturated rings. The molecule has 2 aromatic heterocycles. The van der Waals surface area contributed by atoms with Crippen LogP contribution in [0.3, 0.4) is 0 Å². The van der Waals surface area contributed by atoms with Crippen LogP contribution >= 0.6 is 11.6 Å². The molecule has 3 aromatic rings. The normalized spacial score (nSPS) is 11.1. The van der Waals surface area contributed by atoms with Gasteiger partial charge in [-0.2, -0.15) is 0 Å². The number of aryl methyl sites for hydroxylation is 1. The number of anilines is 1. The Balaban J connectivity index is 2.23. The second kappa shape index (κ2) is 5.13. The molecule has 0 aliphatic carbocycles. The van der Waals surface area contributed by atoms with Gasteiger partial charge in [0, 0.05) is 18.3 Å². The Kier molecular flexibility index (Phi) is 3.32. The van der Waals surface area contributed by atoms with Crippen LogP contribution in [0.1, 0.15) is 13.3 Å². The second-order valence-corrected chi connectivity index (χ2v) is 5.08. The minimum atomic E-state index is 0.547. The van der Waals surface area contributed by atoms with Crippen LogP contribution in [0.5, 0.6) is 0 Å². The van der Waals surface area contributed by atoms with Crippen molar-refractivity contribution < 1.29 is 0 Å². The molecular formula is C15H15ClN4. The average Bonchev–Trinajstić information content (AvgIpc) is 2.82. The van der Waals surface area contributed by atoms with Crippen LogP contribution in [-0.2, 0) is 6.54 Å². The third-order valence-electron chi connectivity index (χ3n) is 3.21. The fourth-order valence-electron chi connectivity index (χ4n) is 2.28. The Morgan fingerprint density at radius 2 is 2.15 bits per heavy atom. The van der Waals surface area contributed by atoms with Gasteiger partial charge in [-0.25, -0.2) is 9.97 Å². The summed E-state index contributed by atoms with van der Waals surface area (Å²) in [4.78, 5) is 9.10. The van der Waals surface area contributed by atoms with E-state index in [1.54, 1.807) is 12.3 Å². The van der Waals surface area contributed by atoms with Gasteiger partial charge in [0.1, 0.15) is 11.3 Å². The lowest BCUT2D eigenvalue weighted by Gasteiger charge is -2.08. The topological polar surface area (TPSA) is 56.7 Å². The van der Waals surface area contributed by atoms with E-state index < -0.39 is 0 Å². The predicted octanol–water partition coefficient (Wildman–Crippen LogP) is 3.74. The Bertz CT molecular complexity index is 764. The third kappa shape index (κ3) is 2.12. The summed E-state index contributed by atoms with van der Waals surface area (Å²) in [6.45, 7) is 3.00. The number of hydrogen-bond donors (Lipinski definition) is 1. The third-order valence-corrected chi connectivity index (χ3v) is 3.54. The maximum Gasteiger partial charge on any atom is 0.160 e. The molecule has 0 unspecified atom stereocenters. The van der Waals surface area contributed by atoms with E-state index in [0.29, 0.717) is 10.7 Å². The molecule has 0 atom stereocenters. The Hall–Kier alpha value is -2.07. The largest absolute Gasteiger partial charge is 0.398 e. The lowest BCUT2D eigenvalue weighted by Crippen LogP contribution is -2.01. The van der Waals surface area contributed by atoms with E-state index in [4.69, 9.17) is 17.3 Å². The fraction of sp³-hybridized carbons (Fsp3) is 0.200. The van der Waals surface area contributed by atoms with Gasteiger partial charge in [0.05, 0.1) is 10.7 Å². The number of nitrogen functional groups attached to an aromatic ring is 1. The molecule has 0 amide bonds. The van der Waals surface area contributed by atoms with E-state index in [-0.39, 0.29) is 0 Å². The number of pyridine rings is 1. The Morgan fingerprint density at radius 1 is 1.30 bits per heavy atom. The van der Waals surface area contributed by atoms with Gasteiger partial charge in [-0.3, -0.25) is 0 Å². The molecule has 0 aliphatic rings. The summed E-state index contributed by atoms with van der Waals surface area (Å²) in [5.74, 6) is 0.877. The highest BCUT2D eigenvalue weighted by Crippen LogP contribution is 2.28. The number of rotatable bonds is 3. The maximum absolute atomic E-state index is 6.11. The zero-order valence-corrected chi connectivity index (χ0v) is 11.9. The fourth-order valence-corrected chi connectivity index (χ4v) is 2.46. The Morgan fingerprint density at radius 3 is 2.90 bits per heavy atom. The van der Waals surface area contributed by atoms with Crippen molar-refractivity contribution in [1.29, 1.82) is 0 Å². The molecule has 0 saturated carbocycles. The number of hydrogen-bond acceptors (Lipinski definition) is 3. The molecule has 4 nitrogen and oxygen atoms in total. The standard InChI is InChI=1S/C15H15ClN4/c1-2-8-20-14(10-5-6-12(17)11(16)9-10)19-13-4-3-7-18-15(13)20/h3-7,9H,2,8,17H2,1H3. The molecule has 2 heterocycles. The van der Waals surface area contributed by atoms with Gasteiger partial charge in [0.25, 0.3) is 0 Å². The van der Waals surface area contributed by atoms with Crippen molar-refractivity contribution in [2.75, 3.05) is 5.73 Å². The predicted molar refractivity (Wildman–Crippen MR) is 82.7 cm³/mol. The molecule has 1 aromatic carbocycles. The first-order chi connectivity index (χ1) is 9.70. The highest BCUT2D eigenvalue weighted by molar-refractivity contribution is 6.33. The van der Waals surface area contributed by atoms with E-state index in [1.165, 1.54) is 0 Å². The van der Waals surface area contributed by atoms with Gasteiger partial charge in [-0.1, -0.05) is 18.5 Å². The first kappa shape index (κ1) is 12.9. The highest BCUT2D eigenvalue weighted by Gasteiger charge is 2.13. The zero-order valence-electron chi connectivity index (χ0n) is 11.2. The van der Waals surface area contributed by atoms with Gasteiger partial charge in [-0.05, 0) is 36.8 Å². The summed E-state index contributed by atoms with van der Waals surface area (Å²) in [6.07, 6.45) is 2.80. The zero-order chi connectivity index (χ0) is 14.1. The van der Waals surface area contributed by atoms with Crippen LogP contribution in [-0.4, -0.2) is 14.5 Å². The number of nitrogens with two attached hydrogens (primary N) is 1. The first-order valence-corrected chi connectivity index (χ1v) is 6.95. The van der Waals surface area contributed by atoms with E-state index in [0.717, 1.165) is 35.5 Å². The maximum atomic E-state index is 6.11. The molecule has 0 bridgehead atoms. The van der Waals surface area contributed by atoms with Crippen LogP contribution in [0.25, 0.3) is 22.6 Å². The van der Waals surface area contributed by atoms with Gasteiger partial charge in [0.15, 0.2) is 5.65 Å². The molecule has 3 rings (SSSR count). The molecule has 0 aliphatic heterocycles. The van der Waals surface area contributed by atoms with Crippen LogP contribution in [0.2, 0.25) is 5.02 Å². The quantitative estimate of drug-likeness (QED) is 0.746. The SMILES string of the molecule is CCCn1c(-c2ccc(N)c(Cl)c2)nc2cccnc21. The first-order valence-electron chi connectivity index (χ1n) is 6.57. The van der Waals surface area contributed by atoms with E-state index in [2.05, 4.69) is 21.5 Å². The molecule has 0 radical (unpaired) electrons. The number of halogens is 1. The molecular weight excluding hydrogens is 272 g/mol. The van der Waals surface area contributed by atoms with Crippen LogP contribution in [0.4, 0.5) is 5.69 Å².